The molecule has 0 bridgehead atoms. The van der Waals surface area contributed by atoms with Gasteiger partial charge in [-0.25, -0.2) is 9.79 Å². The number of hydrogen-bond acceptors (Lipinski definition) is 5. The number of halogens is 1. The van der Waals surface area contributed by atoms with Crippen molar-refractivity contribution < 1.29 is 14.2 Å². The molecule has 0 radical (unpaired) electrons. The Labute approximate surface area is 192 Å². The number of nitrogens with zero attached hydrogens (tertiary/aromatic N) is 3. The van der Waals surface area contributed by atoms with Crippen LogP contribution in [0.1, 0.15) is 29.7 Å². The number of fused-ring (bicyclic) bond motifs is 4. The van der Waals surface area contributed by atoms with Crippen molar-refractivity contribution in [2.45, 2.75) is 33.7 Å². The largest absolute Gasteiger partial charge is 0.491 e. The zero-order chi connectivity index (χ0) is 21.9. The van der Waals surface area contributed by atoms with Gasteiger partial charge in [0.05, 0.1) is 17.4 Å². The van der Waals surface area contributed by atoms with E-state index in [0.29, 0.717) is 29.3 Å². The predicted molar refractivity (Wildman–Crippen MR) is 125 cm³/mol. The molecule has 0 saturated heterocycles. The van der Waals surface area contributed by atoms with E-state index < -0.39 is 0 Å². The Morgan fingerprint density at radius 2 is 1.59 bits per heavy atom. The van der Waals surface area contributed by atoms with Crippen LogP contribution in [0.5, 0.6) is 17.2 Å². The van der Waals surface area contributed by atoms with Gasteiger partial charge in [-0.05, 0) is 44.9 Å². The lowest BCUT2D eigenvalue weighted by Crippen LogP contribution is -2.40. The molecule has 2 aromatic carbocycles. The zero-order valence-electron chi connectivity index (χ0n) is 18.8. The van der Waals surface area contributed by atoms with E-state index in [2.05, 4.69) is 19.1 Å². The average Bonchev–Trinajstić information content (AvgIpc) is 3.13. The minimum atomic E-state index is -0.144. The van der Waals surface area contributed by atoms with Crippen molar-refractivity contribution in [1.29, 1.82) is 0 Å². The van der Waals surface area contributed by atoms with Crippen molar-refractivity contribution in [2.24, 2.45) is 12.0 Å². The first-order valence-corrected chi connectivity index (χ1v) is 10.4. The van der Waals surface area contributed by atoms with Crippen molar-refractivity contribution in [2.75, 3.05) is 13.4 Å². The SMILES string of the molecule is Cc1cc(C)c(N=c2cc3n(c(=O)n2C)C(C)COc2cc4c(cc2-3)OCO4)c(C)c1.Cl. The molecule has 8 heteroatoms. The van der Waals surface area contributed by atoms with Crippen LogP contribution in [0.4, 0.5) is 5.69 Å². The summed E-state index contributed by atoms with van der Waals surface area (Å²) in [5.74, 6) is 1.97. The van der Waals surface area contributed by atoms with E-state index in [9.17, 15) is 4.79 Å². The molecule has 168 valence electrons. The van der Waals surface area contributed by atoms with Crippen LogP contribution in [-0.2, 0) is 7.05 Å². The fourth-order valence-electron chi connectivity index (χ4n) is 4.38. The van der Waals surface area contributed by atoms with Crippen LogP contribution in [0, 0.1) is 20.8 Å². The summed E-state index contributed by atoms with van der Waals surface area (Å²) in [6.07, 6.45) is 0. The molecule has 0 N–H and O–H groups in total. The summed E-state index contributed by atoms with van der Waals surface area (Å²) in [5, 5.41) is 0. The lowest BCUT2D eigenvalue weighted by Gasteiger charge is -2.17. The van der Waals surface area contributed by atoms with Crippen molar-refractivity contribution in [3.63, 3.8) is 0 Å². The summed E-state index contributed by atoms with van der Waals surface area (Å²) in [4.78, 5) is 18.3. The van der Waals surface area contributed by atoms with Gasteiger partial charge in [0.2, 0.25) is 6.79 Å². The van der Waals surface area contributed by atoms with Crippen LogP contribution in [0.15, 0.2) is 40.1 Å². The number of ether oxygens (including phenoxy) is 3. The van der Waals surface area contributed by atoms with Gasteiger partial charge in [0, 0.05) is 24.7 Å². The van der Waals surface area contributed by atoms with Crippen LogP contribution in [0.3, 0.4) is 0 Å². The molecule has 3 aromatic rings. The number of hydrogen-bond donors (Lipinski definition) is 0. The van der Waals surface area contributed by atoms with E-state index in [0.717, 1.165) is 28.1 Å². The molecule has 2 aliphatic heterocycles. The third-order valence-electron chi connectivity index (χ3n) is 5.90. The van der Waals surface area contributed by atoms with Crippen molar-refractivity contribution in [1.82, 2.24) is 9.13 Å². The summed E-state index contributed by atoms with van der Waals surface area (Å²) in [6, 6.07) is 9.74. The molecule has 0 spiro atoms. The van der Waals surface area contributed by atoms with Crippen LogP contribution in [0.25, 0.3) is 11.3 Å². The second-order valence-electron chi connectivity index (χ2n) is 8.32. The number of aromatic nitrogens is 2. The average molecular weight is 456 g/mol. The van der Waals surface area contributed by atoms with E-state index in [1.807, 2.05) is 39.0 Å². The van der Waals surface area contributed by atoms with Gasteiger partial charge >= 0.3 is 5.69 Å². The maximum absolute atomic E-state index is 13.4. The molecule has 0 saturated carbocycles. The third-order valence-corrected chi connectivity index (χ3v) is 5.90. The van der Waals surface area contributed by atoms with E-state index in [1.165, 1.54) is 5.56 Å². The van der Waals surface area contributed by atoms with Crippen molar-refractivity contribution >= 4 is 18.1 Å². The molecule has 7 nitrogen and oxygen atoms in total. The maximum atomic E-state index is 13.4. The normalized spacial score (nSPS) is 16.5. The molecule has 1 atom stereocenters. The second-order valence-corrected chi connectivity index (χ2v) is 8.32. The Morgan fingerprint density at radius 3 is 2.28 bits per heavy atom. The Bertz CT molecular complexity index is 1330. The molecule has 5 rings (SSSR count). The highest BCUT2D eigenvalue weighted by atomic mass is 35.5. The van der Waals surface area contributed by atoms with Crippen molar-refractivity contribution in [3.05, 3.63) is 63.0 Å². The zero-order valence-corrected chi connectivity index (χ0v) is 19.6. The molecule has 0 fully saturated rings. The first-order valence-electron chi connectivity index (χ1n) is 10.4. The first-order chi connectivity index (χ1) is 14.8. The molecule has 2 aliphatic rings. The molecular formula is C24H26ClN3O4. The van der Waals surface area contributed by atoms with Crippen LogP contribution < -0.4 is 25.4 Å². The smallest absolute Gasteiger partial charge is 0.330 e. The Morgan fingerprint density at radius 1 is 0.938 bits per heavy atom. The maximum Gasteiger partial charge on any atom is 0.330 e. The molecule has 1 unspecified atom stereocenters. The van der Waals surface area contributed by atoms with Gasteiger partial charge in [-0.15, -0.1) is 12.4 Å². The molecular weight excluding hydrogens is 430 g/mol. The quantitative estimate of drug-likeness (QED) is 0.553. The van der Waals surface area contributed by atoms with Gasteiger partial charge in [-0.1, -0.05) is 17.7 Å². The van der Waals surface area contributed by atoms with Gasteiger partial charge in [-0.3, -0.25) is 9.13 Å². The summed E-state index contributed by atoms with van der Waals surface area (Å²) in [7, 11) is 1.76. The van der Waals surface area contributed by atoms with Gasteiger partial charge < -0.3 is 14.2 Å². The number of benzene rings is 2. The van der Waals surface area contributed by atoms with Gasteiger partial charge in [0.25, 0.3) is 0 Å². The summed E-state index contributed by atoms with van der Waals surface area (Å²) < 4.78 is 20.5. The monoisotopic (exact) mass is 455 g/mol. The van der Waals surface area contributed by atoms with Gasteiger partial charge in [0.15, 0.2) is 11.5 Å². The number of rotatable bonds is 1. The molecule has 1 aromatic heterocycles. The van der Waals surface area contributed by atoms with Crippen LogP contribution in [-0.4, -0.2) is 22.5 Å². The van der Waals surface area contributed by atoms with E-state index in [-0.39, 0.29) is 30.9 Å². The summed E-state index contributed by atoms with van der Waals surface area (Å²) in [6.45, 7) is 8.69. The number of aryl methyl sites for hydroxylation is 3. The fourth-order valence-corrected chi connectivity index (χ4v) is 4.38. The van der Waals surface area contributed by atoms with E-state index >= 15 is 0 Å². The highest BCUT2D eigenvalue weighted by Gasteiger charge is 2.26. The predicted octanol–water partition coefficient (Wildman–Crippen LogP) is 4.12. The molecule has 3 heterocycles. The minimum Gasteiger partial charge on any atom is -0.491 e. The van der Waals surface area contributed by atoms with Gasteiger partial charge in [0.1, 0.15) is 17.8 Å². The lowest BCUT2D eigenvalue weighted by atomic mass is 10.1. The highest BCUT2D eigenvalue weighted by molar-refractivity contribution is 5.85. The fraction of sp³-hybridized carbons (Fsp3) is 0.333. The van der Waals surface area contributed by atoms with Gasteiger partial charge in [-0.2, -0.15) is 0 Å². The third kappa shape index (κ3) is 3.46. The Hall–Kier alpha value is -3.19. The Kier molecular flexibility index (Phi) is 5.54. The Balaban J connectivity index is 0.00000245. The van der Waals surface area contributed by atoms with Crippen molar-refractivity contribution in [3.8, 4) is 28.5 Å². The van der Waals surface area contributed by atoms with Crippen LogP contribution >= 0.6 is 12.4 Å². The summed E-state index contributed by atoms with van der Waals surface area (Å²) >= 11 is 0. The first kappa shape index (κ1) is 22.0. The standard InChI is InChI=1S/C24H25N3O4.ClH/c1-13-6-14(2)23(15(3)7-13)25-22-9-18-17-8-20-21(31-12-30-20)10-19(17)29-11-16(4)27(18)24(28)26(22)5;/h6-10,16H,11-12H2,1-5H3;1H. The lowest BCUT2D eigenvalue weighted by molar-refractivity contribution is 0.173. The molecule has 0 amide bonds. The molecule has 32 heavy (non-hydrogen) atoms. The second kappa shape index (κ2) is 8.06. The van der Waals surface area contributed by atoms with Crippen LogP contribution in [0.2, 0.25) is 0 Å². The topological polar surface area (TPSA) is 67.0 Å². The highest BCUT2D eigenvalue weighted by Crippen LogP contribution is 2.43. The molecule has 0 aliphatic carbocycles. The van der Waals surface area contributed by atoms with E-state index in [4.69, 9.17) is 19.2 Å². The summed E-state index contributed by atoms with van der Waals surface area (Å²) in [5.41, 5.74) is 6.22. The minimum absolute atomic E-state index is 0. The van der Waals surface area contributed by atoms with E-state index in [1.54, 1.807) is 16.2 Å².